The number of ether oxygens (including phenoxy) is 1. The summed E-state index contributed by atoms with van der Waals surface area (Å²) in [6.07, 6.45) is 0.167. The maximum Gasteiger partial charge on any atom is 0.302 e. The first-order valence-electron chi connectivity index (χ1n) is 6.25. The average Bonchev–Trinajstić information content (AvgIpc) is 3.04. The summed E-state index contributed by atoms with van der Waals surface area (Å²) in [6.45, 7) is 1.87. The molecular formula is C13H15N3O3S2. The van der Waals surface area contributed by atoms with Crippen molar-refractivity contribution in [3.05, 3.63) is 22.4 Å². The summed E-state index contributed by atoms with van der Waals surface area (Å²) in [6, 6.07) is 3.90. The molecule has 3 N–H and O–H groups in total. The number of carbonyl (C=O) groups is 2. The third-order valence-corrected chi connectivity index (χ3v) is 4.31. The normalized spacial score (nSPS) is 10.3. The highest BCUT2D eigenvalue weighted by Crippen LogP contribution is 2.29. The van der Waals surface area contributed by atoms with Crippen molar-refractivity contribution in [1.29, 1.82) is 0 Å². The smallest absolute Gasteiger partial charge is 0.302 e. The fourth-order valence-electron chi connectivity index (χ4n) is 1.57. The predicted molar refractivity (Wildman–Crippen MR) is 82.9 cm³/mol. The molecule has 0 saturated heterocycles. The fraction of sp³-hybridized carbons (Fsp3) is 0.308. The van der Waals surface area contributed by atoms with Crippen LogP contribution in [0.15, 0.2) is 17.5 Å². The zero-order valence-corrected chi connectivity index (χ0v) is 13.1. The molecule has 0 radical (unpaired) electrons. The molecule has 2 rings (SSSR count). The van der Waals surface area contributed by atoms with E-state index in [1.807, 2.05) is 17.5 Å². The number of hydrogen-bond donors (Lipinski definition) is 2. The minimum absolute atomic E-state index is 0.106. The summed E-state index contributed by atoms with van der Waals surface area (Å²) in [4.78, 5) is 28.4. The van der Waals surface area contributed by atoms with Gasteiger partial charge in [0.05, 0.1) is 23.5 Å². The number of aromatic nitrogens is 1. The van der Waals surface area contributed by atoms with Gasteiger partial charge >= 0.3 is 5.97 Å². The Morgan fingerprint density at radius 1 is 1.43 bits per heavy atom. The van der Waals surface area contributed by atoms with Crippen molar-refractivity contribution in [2.75, 3.05) is 12.3 Å². The van der Waals surface area contributed by atoms with Crippen molar-refractivity contribution in [3.63, 3.8) is 0 Å². The predicted octanol–water partition coefficient (Wildman–Crippen LogP) is 2.02. The monoisotopic (exact) mass is 325 g/mol. The van der Waals surface area contributed by atoms with Gasteiger partial charge in [-0.1, -0.05) is 0 Å². The van der Waals surface area contributed by atoms with Crippen LogP contribution in [0.2, 0.25) is 0 Å². The van der Waals surface area contributed by atoms with Crippen LogP contribution in [0, 0.1) is 0 Å². The molecule has 8 heteroatoms. The van der Waals surface area contributed by atoms with Gasteiger partial charge in [-0.2, -0.15) is 0 Å². The van der Waals surface area contributed by atoms with Gasteiger partial charge in [-0.05, 0) is 12.1 Å². The number of hydrogen-bond acceptors (Lipinski definition) is 7. The molecule has 112 valence electrons. The molecule has 21 heavy (non-hydrogen) atoms. The number of anilines is 1. The summed E-state index contributed by atoms with van der Waals surface area (Å²) in [5.41, 5.74) is 6.46. The average molecular weight is 325 g/mol. The van der Waals surface area contributed by atoms with Crippen LogP contribution in [0.4, 0.5) is 5.13 Å². The lowest BCUT2D eigenvalue weighted by atomic mass is 10.3. The Bertz CT molecular complexity index is 636. The topological polar surface area (TPSA) is 94.3 Å². The molecule has 6 nitrogen and oxygen atoms in total. The standard InChI is InChI=1S/C13H15N3O3S2/c1-8(17)19-5-4-12(18)15-6-9-2-3-11(21-9)10-7-20-13(14)16-10/h2-3,7H,4-6H2,1H3,(H2,14,16)(H,15,18). The molecule has 2 heterocycles. The van der Waals surface area contributed by atoms with E-state index < -0.39 is 0 Å². The Hall–Kier alpha value is -1.93. The number of thiazole rings is 1. The molecule has 0 bridgehead atoms. The van der Waals surface area contributed by atoms with Crippen molar-refractivity contribution >= 4 is 39.7 Å². The second-order valence-electron chi connectivity index (χ2n) is 4.20. The quantitative estimate of drug-likeness (QED) is 0.792. The molecule has 2 aromatic heterocycles. The van der Waals surface area contributed by atoms with Crippen LogP contribution < -0.4 is 11.1 Å². The fourth-order valence-corrected chi connectivity index (χ4v) is 3.12. The third kappa shape index (κ3) is 4.83. The highest BCUT2D eigenvalue weighted by molar-refractivity contribution is 7.16. The molecule has 0 aromatic carbocycles. The molecule has 2 aromatic rings. The summed E-state index contributed by atoms with van der Waals surface area (Å²) < 4.78 is 4.71. The molecular weight excluding hydrogens is 310 g/mol. The van der Waals surface area contributed by atoms with Crippen LogP contribution in [0.5, 0.6) is 0 Å². The number of nitrogens with zero attached hydrogens (tertiary/aromatic N) is 1. The van der Waals surface area contributed by atoms with Crippen molar-refractivity contribution < 1.29 is 14.3 Å². The van der Waals surface area contributed by atoms with E-state index in [0.717, 1.165) is 15.4 Å². The summed E-state index contributed by atoms with van der Waals surface area (Å²) >= 11 is 2.96. The van der Waals surface area contributed by atoms with Crippen LogP contribution in [0.25, 0.3) is 10.6 Å². The first-order valence-corrected chi connectivity index (χ1v) is 7.94. The number of nitrogens with two attached hydrogens (primary N) is 1. The van der Waals surface area contributed by atoms with Gasteiger partial charge in [-0.25, -0.2) is 4.98 Å². The molecule has 0 aliphatic rings. The molecule has 0 aliphatic carbocycles. The van der Waals surface area contributed by atoms with Gasteiger partial charge in [0.15, 0.2) is 5.13 Å². The van der Waals surface area contributed by atoms with E-state index in [2.05, 4.69) is 10.3 Å². The number of nitrogen functional groups attached to an aromatic ring is 1. The van der Waals surface area contributed by atoms with E-state index in [1.165, 1.54) is 18.3 Å². The van der Waals surface area contributed by atoms with Crippen LogP contribution in [-0.2, 0) is 20.9 Å². The largest absolute Gasteiger partial charge is 0.465 e. The SMILES string of the molecule is CC(=O)OCCC(=O)NCc1ccc(-c2csc(N)n2)s1. The Morgan fingerprint density at radius 2 is 2.24 bits per heavy atom. The number of amides is 1. The van der Waals surface area contributed by atoms with Gasteiger partial charge < -0.3 is 15.8 Å². The number of thiophene rings is 1. The molecule has 0 atom stereocenters. The van der Waals surface area contributed by atoms with E-state index in [1.54, 1.807) is 11.3 Å². The van der Waals surface area contributed by atoms with Crippen molar-refractivity contribution in [2.45, 2.75) is 19.9 Å². The van der Waals surface area contributed by atoms with Gasteiger partial charge in [0, 0.05) is 17.2 Å². The Balaban J connectivity index is 1.80. The van der Waals surface area contributed by atoms with E-state index in [4.69, 9.17) is 10.5 Å². The zero-order valence-electron chi connectivity index (χ0n) is 11.4. The minimum atomic E-state index is -0.381. The van der Waals surface area contributed by atoms with E-state index in [9.17, 15) is 9.59 Å². The second-order valence-corrected chi connectivity index (χ2v) is 6.26. The van der Waals surface area contributed by atoms with Crippen LogP contribution in [-0.4, -0.2) is 23.5 Å². The first-order chi connectivity index (χ1) is 10.0. The van der Waals surface area contributed by atoms with E-state index in [-0.39, 0.29) is 24.9 Å². The Kier molecular flexibility index (Phi) is 5.29. The van der Waals surface area contributed by atoms with Crippen LogP contribution in [0.3, 0.4) is 0 Å². The van der Waals surface area contributed by atoms with Gasteiger partial charge in [0.25, 0.3) is 0 Å². The lowest BCUT2D eigenvalue weighted by molar-refractivity contribution is -0.141. The van der Waals surface area contributed by atoms with Gasteiger partial charge in [0.1, 0.15) is 6.61 Å². The second kappa shape index (κ2) is 7.19. The Morgan fingerprint density at radius 3 is 2.90 bits per heavy atom. The first kappa shape index (κ1) is 15.5. The lowest BCUT2D eigenvalue weighted by Gasteiger charge is -2.03. The number of esters is 1. The van der Waals surface area contributed by atoms with E-state index >= 15 is 0 Å². The van der Waals surface area contributed by atoms with Crippen LogP contribution >= 0.6 is 22.7 Å². The summed E-state index contributed by atoms with van der Waals surface area (Å²) in [7, 11) is 0. The zero-order chi connectivity index (χ0) is 15.2. The number of rotatable bonds is 6. The van der Waals surface area contributed by atoms with E-state index in [0.29, 0.717) is 11.7 Å². The maximum atomic E-state index is 11.6. The molecule has 0 saturated carbocycles. The van der Waals surface area contributed by atoms with Gasteiger partial charge in [0.2, 0.25) is 5.91 Å². The maximum absolute atomic E-state index is 11.6. The van der Waals surface area contributed by atoms with Crippen molar-refractivity contribution in [2.24, 2.45) is 0 Å². The molecule has 0 spiro atoms. The number of nitrogens with one attached hydrogen (secondary N) is 1. The molecule has 1 amide bonds. The van der Waals surface area contributed by atoms with Crippen LogP contribution in [0.1, 0.15) is 18.2 Å². The highest BCUT2D eigenvalue weighted by atomic mass is 32.1. The number of carbonyl (C=O) groups excluding carboxylic acids is 2. The van der Waals surface area contributed by atoms with Crippen molar-refractivity contribution in [3.8, 4) is 10.6 Å². The summed E-state index contributed by atoms with van der Waals surface area (Å²) in [5.74, 6) is -0.530. The highest BCUT2D eigenvalue weighted by Gasteiger charge is 2.08. The van der Waals surface area contributed by atoms with Gasteiger partial charge in [-0.15, -0.1) is 22.7 Å². The molecule has 0 unspecified atom stereocenters. The molecule has 0 aliphatic heterocycles. The lowest BCUT2D eigenvalue weighted by Crippen LogP contribution is -2.23. The Labute approximate surface area is 130 Å². The minimum Gasteiger partial charge on any atom is -0.465 e. The third-order valence-electron chi connectivity index (χ3n) is 2.53. The summed E-state index contributed by atoms with van der Waals surface area (Å²) in [5, 5.41) is 5.23. The molecule has 0 fully saturated rings. The van der Waals surface area contributed by atoms with Crippen molar-refractivity contribution in [1.82, 2.24) is 10.3 Å². The van der Waals surface area contributed by atoms with Gasteiger partial charge in [-0.3, -0.25) is 9.59 Å².